The Morgan fingerprint density at radius 3 is 2.63 bits per heavy atom. The Hall–Kier alpha value is -1.64. The summed E-state index contributed by atoms with van der Waals surface area (Å²) in [6.07, 6.45) is 4.04. The van der Waals surface area contributed by atoms with Crippen LogP contribution in [-0.2, 0) is 19.6 Å². The maximum absolute atomic E-state index is 12.7. The molecule has 1 aromatic rings. The minimum atomic E-state index is -3.61. The van der Waals surface area contributed by atoms with E-state index in [2.05, 4.69) is 4.72 Å². The van der Waals surface area contributed by atoms with Crippen LogP contribution in [0.15, 0.2) is 29.2 Å². The van der Waals surface area contributed by atoms with Gasteiger partial charge in [-0.05, 0) is 43.5 Å². The number of amides is 1. The number of nitrogens with one attached hydrogen (secondary N) is 1. The average molecular weight is 397 g/mol. The van der Waals surface area contributed by atoms with E-state index in [1.807, 2.05) is 4.90 Å². The van der Waals surface area contributed by atoms with Crippen LogP contribution < -0.4 is 9.46 Å². The summed E-state index contributed by atoms with van der Waals surface area (Å²) >= 11 is 0. The number of likely N-dealkylation sites (tertiary alicyclic amines) is 1. The Morgan fingerprint density at radius 1 is 1.22 bits per heavy atom. The maximum atomic E-state index is 12.7. The van der Waals surface area contributed by atoms with Crippen molar-refractivity contribution in [1.29, 1.82) is 0 Å². The number of piperidine rings is 1. The van der Waals surface area contributed by atoms with E-state index < -0.39 is 10.0 Å². The molecule has 2 atom stereocenters. The number of sulfonamides is 1. The van der Waals surface area contributed by atoms with Crippen molar-refractivity contribution in [3.8, 4) is 5.75 Å². The molecule has 0 aromatic heterocycles. The molecule has 0 unspecified atom stereocenters. The Morgan fingerprint density at radius 2 is 1.96 bits per heavy atom. The van der Waals surface area contributed by atoms with Crippen LogP contribution in [0, 0.1) is 5.41 Å². The number of ether oxygens (including phenoxy) is 2. The molecule has 150 valence electrons. The van der Waals surface area contributed by atoms with E-state index in [9.17, 15) is 13.2 Å². The van der Waals surface area contributed by atoms with Gasteiger partial charge in [0.05, 0.1) is 18.6 Å². The summed E-state index contributed by atoms with van der Waals surface area (Å²) in [7, 11) is -0.443. The molecule has 1 aliphatic heterocycles. The first-order valence-corrected chi connectivity index (χ1v) is 10.8. The summed E-state index contributed by atoms with van der Waals surface area (Å²) in [5.74, 6) is 0.760. The summed E-state index contributed by atoms with van der Waals surface area (Å²) < 4.78 is 38.5. The van der Waals surface area contributed by atoms with Crippen molar-refractivity contribution in [2.24, 2.45) is 5.41 Å². The van der Waals surface area contributed by atoms with Gasteiger partial charge in [-0.15, -0.1) is 0 Å². The fraction of sp³-hybridized carbons (Fsp3) is 0.632. The van der Waals surface area contributed by atoms with E-state index in [0.717, 1.165) is 25.7 Å². The molecule has 1 saturated heterocycles. The molecule has 1 aliphatic carbocycles. The Labute approximate surface area is 161 Å². The highest BCUT2D eigenvalue weighted by Crippen LogP contribution is 2.47. The van der Waals surface area contributed by atoms with Gasteiger partial charge in [0, 0.05) is 38.1 Å². The number of nitrogens with zero attached hydrogens (tertiary/aromatic N) is 1. The molecule has 1 amide bonds. The summed E-state index contributed by atoms with van der Waals surface area (Å²) in [5, 5.41) is 0. The monoisotopic (exact) mass is 396 g/mol. The van der Waals surface area contributed by atoms with Crippen molar-refractivity contribution in [2.45, 2.75) is 43.0 Å². The zero-order valence-corrected chi connectivity index (χ0v) is 16.8. The van der Waals surface area contributed by atoms with Crippen LogP contribution in [0.5, 0.6) is 5.75 Å². The van der Waals surface area contributed by atoms with Crippen molar-refractivity contribution < 1.29 is 22.7 Å². The molecule has 2 fully saturated rings. The predicted molar refractivity (Wildman–Crippen MR) is 101 cm³/mol. The van der Waals surface area contributed by atoms with Crippen molar-refractivity contribution in [1.82, 2.24) is 9.62 Å². The number of carbonyl (C=O) groups excluding carboxylic acids is 1. The van der Waals surface area contributed by atoms with Gasteiger partial charge in [-0.25, -0.2) is 13.1 Å². The summed E-state index contributed by atoms with van der Waals surface area (Å²) in [4.78, 5) is 14.5. The largest absolute Gasteiger partial charge is 0.497 e. The van der Waals surface area contributed by atoms with Crippen LogP contribution in [-0.4, -0.2) is 59.2 Å². The van der Waals surface area contributed by atoms with Gasteiger partial charge in [0.15, 0.2) is 0 Å². The molecule has 1 N–H and O–H groups in total. The van der Waals surface area contributed by atoms with E-state index in [0.29, 0.717) is 31.9 Å². The fourth-order valence-corrected chi connectivity index (χ4v) is 5.55. The minimum Gasteiger partial charge on any atom is -0.497 e. The number of hydrogen-bond acceptors (Lipinski definition) is 5. The van der Waals surface area contributed by atoms with Gasteiger partial charge in [-0.1, -0.05) is 6.42 Å². The molecule has 7 nitrogen and oxygen atoms in total. The topological polar surface area (TPSA) is 84.9 Å². The summed E-state index contributed by atoms with van der Waals surface area (Å²) in [6.45, 7) is 1.41. The summed E-state index contributed by atoms with van der Waals surface area (Å²) in [5.41, 5.74) is -0.193. The van der Waals surface area contributed by atoms with Crippen molar-refractivity contribution in [2.75, 3.05) is 33.9 Å². The lowest BCUT2D eigenvalue weighted by Crippen LogP contribution is -2.56. The van der Waals surface area contributed by atoms with E-state index in [1.54, 1.807) is 38.5 Å². The fourth-order valence-electron chi connectivity index (χ4n) is 4.41. The molecule has 0 radical (unpaired) electrons. The van der Waals surface area contributed by atoms with Gasteiger partial charge in [0.2, 0.25) is 15.9 Å². The average Bonchev–Trinajstić information content (AvgIpc) is 3.10. The lowest BCUT2D eigenvalue weighted by molar-refractivity contribution is -0.142. The first kappa shape index (κ1) is 20.1. The third-order valence-electron chi connectivity index (χ3n) is 5.91. The lowest BCUT2D eigenvalue weighted by atomic mass is 9.74. The van der Waals surface area contributed by atoms with E-state index in [1.165, 1.54) is 0 Å². The molecular weight excluding hydrogens is 368 g/mol. The highest BCUT2D eigenvalue weighted by Gasteiger charge is 2.50. The zero-order valence-electron chi connectivity index (χ0n) is 15.9. The molecule has 27 heavy (non-hydrogen) atoms. The normalized spacial score (nSPS) is 25.5. The maximum Gasteiger partial charge on any atom is 0.240 e. The van der Waals surface area contributed by atoms with Crippen molar-refractivity contribution in [3.05, 3.63) is 24.3 Å². The molecule has 0 bridgehead atoms. The molecule has 1 aromatic carbocycles. The number of fused-ring (bicyclic) bond motifs is 1. The van der Waals surface area contributed by atoms with Crippen molar-refractivity contribution >= 4 is 15.9 Å². The Balaban J connectivity index is 1.73. The SMILES string of the molecule is COCCN1C(=O)CC[C@]2(CNS(=O)(=O)c3ccc(OC)cc3)CCC[C@@H]12. The number of benzene rings is 1. The van der Waals surface area contributed by atoms with E-state index >= 15 is 0 Å². The van der Waals surface area contributed by atoms with Gasteiger partial charge in [-0.3, -0.25) is 4.79 Å². The smallest absolute Gasteiger partial charge is 0.240 e. The summed E-state index contributed by atoms with van der Waals surface area (Å²) in [6, 6.07) is 6.43. The second kappa shape index (κ2) is 8.16. The van der Waals surface area contributed by atoms with Crippen LogP contribution in [0.2, 0.25) is 0 Å². The molecule has 1 heterocycles. The number of hydrogen-bond donors (Lipinski definition) is 1. The number of carbonyl (C=O) groups is 1. The molecule has 3 rings (SSSR count). The van der Waals surface area contributed by atoms with Crippen LogP contribution in [0.4, 0.5) is 0 Å². The van der Waals surface area contributed by atoms with Crippen LogP contribution in [0.25, 0.3) is 0 Å². The van der Waals surface area contributed by atoms with Crippen LogP contribution in [0.1, 0.15) is 32.1 Å². The minimum absolute atomic E-state index is 0.0764. The molecule has 2 aliphatic rings. The highest BCUT2D eigenvalue weighted by molar-refractivity contribution is 7.89. The van der Waals surface area contributed by atoms with Crippen molar-refractivity contribution in [3.63, 3.8) is 0 Å². The standard InChI is InChI=1S/C19H28N2O5S/c1-25-13-12-21-17-4-3-10-19(17,11-9-18(21)22)14-20-27(23,24)16-7-5-15(26-2)6-8-16/h5-8,17,20H,3-4,9-14H2,1-2H3/t17-,19+/m1/s1. The van der Waals surface area contributed by atoms with Gasteiger partial charge in [0.1, 0.15) is 5.75 Å². The Kier molecular flexibility index (Phi) is 6.08. The van der Waals surface area contributed by atoms with E-state index in [-0.39, 0.29) is 22.3 Å². The third kappa shape index (κ3) is 4.12. The first-order valence-electron chi connectivity index (χ1n) is 9.34. The van der Waals surface area contributed by atoms with Gasteiger partial charge < -0.3 is 14.4 Å². The zero-order chi connectivity index (χ0) is 19.5. The second-order valence-electron chi connectivity index (χ2n) is 7.35. The molecular formula is C19H28N2O5S. The number of rotatable bonds is 8. The second-order valence-corrected chi connectivity index (χ2v) is 9.12. The third-order valence-corrected chi connectivity index (χ3v) is 7.33. The predicted octanol–water partition coefficient (Wildman–Crippen LogP) is 1.78. The van der Waals surface area contributed by atoms with E-state index in [4.69, 9.17) is 9.47 Å². The highest BCUT2D eigenvalue weighted by atomic mass is 32.2. The molecule has 1 saturated carbocycles. The Bertz CT molecular complexity index is 765. The molecule has 0 spiro atoms. The van der Waals surface area contributed by atoms with Crippen LogP contribution in [0.3, 0.4) is 0 Å². The first-order chi connectivity index (χ1) is 12.9. The van der Waals surface area contributed by atoms with Gasteiger partial charge in [0.25, 0.3) is 0 Å². The van der Waals surface area contributed by atoms with Gasteiger partial charge in [-0.2, -0.15) is 0 Å². The van der Waals surface area contributed by atoms with Crippen LogP contribution >= 0.6 is 0 Å². The quantitative estimate of drug-likeness (QED) is 0.724. The number of methoxy groups -OCH3 is 2. The molecule has 8 heteroatoms. The lowest BCUT2D eigenvalue weighted by Gasteiger charge is -2.46. The van der Waals surface area contributed by atoms with Gasteiger partial charge >= 0.3 is 0 Å².